The zero-order valence-corrected chi connectivity index (χ0v) is 19.6. The molecular weight excluding hydrogens is 450 g/mol. The van der Waals surface area contributed by atoms with E-state index in [0.717, 1.165) is 12.1 Å². The average Bonchev–Trinajstić information content (AvgIpc) is 2.83. The predicted octanol–water partition coefficient (Wildman–Crippen LogP) is 4.59. The second kappa shape index (κ2) is 9.71. The van der Waals surface area contributed by atoms with E-state index in [-0.39, 0.29) is 12.0 Å². The lowest BCUT2D eigenvalue weighted by Crippen LogP contribution is -2.65. The van der Waals surface area contributed by atoms with E-state index in [4.69, 9.17) is 5.41 Å². The third-order valence-electron chi connectivity index (χ3n) is 6.47. The SMILES string of the molecule is CCN/C=C1\C(=N)CCC[C@]12CC(=O)N(c1c(F)cc(C#Cc3ccccc3)cc1F)C(=O)N2C. The molecule has 2 N–H and O–H groups in total. The second-order valence-corrected chi connectivity index (χ2v) is 8.63. The van der Waals surface area contributed by atoms with Crippen LogP contribution in [0.1, 0.15) is 43.7 Å². The number of anilines is 1. The van der Waals surface area contributed by atoms with Crippen LogP contribution in [0.4, 0.5) is 19.3 Å². The van der Waals surface area contributed by atoms with Gasteiger partial charge in [-0.05, 0) is 50.5 Å². The smallest absolute Gasteiger partial charge is 0.332 e. The van der Waals surface area contributed by atoms with Crippen molar-refractivity contribution in [3.63, 3.8) is 0 Å². The Morgan fingerprint density at radius 3 is 2.43 bits per heavy atom. The topological polar surface area (TPSA) is 76.5 Å². The summed E-state index contributed by atoms with van der Waals surface area (Å²) in [6, 6.07) is 10.2. The summed E-state index contributed by atoms with van der Waals surface area (Å²) >= 11 is 0. The van der Waals surface area contributed by atoms with Crippen LogP contribution in [0.5, 0.6) is 0 Å². The zero-order chi connectivity index (χ0) is 25.2. The van der Waals surface area contributed by atoms with Crippen molar-refractivity contribution in [2.45, 2.75) is 38.1 Å². The fraction of sp³-hybridized carbons (Fsp3) is 0.296. The molecule has 1 saturated heterocycles. The molecule has 0 bridgehead atoms. The Balaban J connectivity index is 1.68. The molecule has 2 aromatic rings. The Morgan fingerprint density at radius 2 is 1.77 bits per heavy atom. The Labute approximate surface area is 203 Å². The first kappa shape index (κ1) is 24.1. The van der Waals surface area contributed by atoms with Gasteiger partial charge >= 0.3 is 6.03 Å². The Morgan fingerprint density at radius 1 is 1.11 bits per heavy atom. The minimum absolute atomic E-state index is 0.0888. The van der Waals surface area contributed by atoms with E-state index in [0.29, 0.717) is 47.6 Å². The molecule has 2 aliphatic rings. The maximum atomic E-state index is 15.1. The molecule has 0 unspecified atom stereocenters. The highest BCUT2D eigenvalue weighted by Gasteiger charge is 2.53. The summed E-state index contributed by atoms with van der Waals surface area (Å²) < 4.78 is 30.2. The molecule has 3 amide bonds. The van der Waals surface area contributed by atoms with Crippen LogP contribution in [0, 0.1) is 28.9 Å². The fourth-order valence-corrected chi connectivity index (χ4v) is 4.69. The molecule has 35 heavy (non-hydrogen) atoms. The van der Waals surface area contributed by atoms with E-state index in [1.165, 1.54) is 11.9 Å². The molecule has 2 aromatic carbocycles. The Hall–Kier alpha value is -3.99. The molecule has 1 saturated carbocycles. The van der Waals surface area contributed by atoms with Crippen molar-refractivity contribution in [1.29, 1.82) is 5.41 Å². The van der Waals surface area contributed by atoms with E-state index in [2.05, 4.69) is 17.2 Å². The highest BCUT2D eigenvalue weighted by atomic mass is 19.1. The van der Waals surface area contributed by atoms with Gasteiger partial charge in [0, 0.05) is 42.2 Å². The standard InChI is InChI=1S/C27H26F2N4O2/c1-3-31-17-20-23(30)10-7-13-27(20)16-24(34)33(26(35)32(27)2)25-21(28)14-19(15-22(25)29)12-11-18-8-5-4-6-9-18/h4-6,8-9,14-15,17,30-31H,3,7,10,13,16H2,1-2H3/b20-17+,30-23?/t27-/m0/s1. The number of amides is 3. The average molecular weight is 477 g/mol. The zero-order valence-electron chi connectivity index (χ0n) is 19.6. The predicted molar refractivity (Wildman–Crippen MR) is 130 cm³/mol. The lowest BCUT2D eigenvalue weighted by molar-refractivity contribution is -0.121. The summed E-state index contributed by atoms with van der Waals surface area (Å²) in [6.45, 7) is 2.51. The van der Waals surface area contributed by atoms with Gasteiger partial charge in [0.2, 0.25) is 5.91 Å². The van der Waals surface area contributed by atoms with Crippen LogP contribution >= 0.6 is 0 Å². The number of rotatable bonds is 3. The van der Waals surface area contributed by atoms with Crippen molar-refractivity contribution in [1.82, 2.24) is 10.2 Å². The van der Waals surface area contributed by atoms with E-state index in [1.807, 2.05) is 13.0 Å². The molecule has 0 radical (unpaired) electrons. The van der Waals surface area contributed by atoms with Gasteiger partial charge in [-0.3, -0.25) is 4.79 Å². The van der Waals surface area contributed by atoms with Gasteiger partial charge in [0.05, 0.1) is 12.0 Å². The Kier molecular flexibility index (Phi) is 6.70. The van der Waals surface area contributed by atoms with E-state index in [1.54, 1.807) is 30.5 Å². The summed E-state index contributed by atoms with van der Waals surface area (Å²) in [5.74, 6) is 2.73. The van der Waals surface area contributed by atoms with Gasteiger partial charge in [0.15, 0.2) is 11.6 Å². The molecule has 1 heterocycles. The number of benzene rings is 2. The van der Waals surface area contributed by atoms with Crippen LogP contribution in [-0.4, -0.2) is 41.7 Å². The number of urea groups is 1. The molecule has 1 spiro atoms. The first-order valence-corrected chi connectivity index (χ1v) is 11.5. The summed E-state index contributed by atoms with van der Waals surface area (Å²) in [5.41, 5.74) is -0.0687. The lowest BCUT2D eigenvalue weighted by atomic mass is 9.72. The van der Waals surface area contributed by atoms with Crippen molar-refractivity contribution in [3.05, 3.63) is 77.0 Å². The van der Waals surface area contributed by atoms with Crippen molar-refractivity contribution >= 4 is 23.3 Å². The summed E-state index contributed by atoms with van der Waals surface area (Å²) in [4.78, 5) is 28.5. The second-order valence-electron chi connectivity index (χ2n) is 8.63. The highest BCUT2D eigenvalue weighted by Crippen LogP contribution is 2.43. The number of hydrogen-bond donors (Lipinski definition) is 2. The molecule has 1 aliphatic carbocycles. The van der Waals surface area contributed by atoms with Crippen LogP contribution in [0.3, 0.4) is 0 Å². The molecule has 1 aliphatic heterocycles. The number of imide groups is 1. The number of nitrogens with zero attached hydrogens (tertiary/aromatic N) is 2. The third kappa shape index (κ3) is 4.42. The van der Waals surface area contributed by atoms with Crippen molar-refractivity contribution in [2.75, 3.05) is 18.5 Å². The number of carbonyl (C=O) groups excluding carboxylic acids is 2. The minimum atomic E-state index is -1.05. The van der Waals surface area contributed by atoms with Gasteiger partial charge < -0.3 is 15.6 Å². The molecule has 2 fully saturated rings. The number of halogens is 2. The number of hydrogen-bond acceptors (Lipinski definition) is 4. The molecule has 4 rings (SSSR count). The first-order valence-electron chi connectivity index (χ1n) is 11.5. The maximum Gasteiger partial charge on any atom is 0.332 e. The van der Waals surface area contributed by atoms with Crippen LogP contribution in [0.25, 0.3) is 0 Å². The molecule has 6 nitrogen and oxygen atoms in total. The molecule has 1 atom stereocenters. The minimum Gasteiger partial charge on any atom is -0.391 e. The molecular formula is C27H26F2N4O2. The quantitative estimate of drug-likeness (QED) is 0.637. The van der Waals surface area contributed by atoms with E-state index >= 15 is 8.78 Å². The van der Waals surface area contributed by atoms with Gasteiger partial charge in [-0.15, -0.1) is 0 Å². The highest BCUT2D eigenvalue weighted by molar-refractivity contribution is 6.18. The van der Waals surface area contributed by atoms with Crippen LogP contribution in [0.15, 0.2) is 54.2 Å². The van der Waals surface area contributed by atoms with E-state index in [9.17, 15) is 9.59 Å². The van der Waals surface area contributed by atoms with Gasteiger partial charge in [0.1, 0.15) is 5.69 Å². The van der Waals surface area contributed by atoms with E-state index < -0.39 is 34.8 Å². The maximum absolute atomic E-state index is 15.1. The molecule has 180 valence electrons. The number of likely N-dealkylation sites (N-methyl/N-ethyl adjacent to an activating group) is 1. The number of nitrogens with one attached hydrogen (secondary N) is 2. The van der Waals surface area contributed by atoms with Crippen LogP contribution in [-0.2, 0) is 4.79 Å². The normalized spacial score (nSPS) is 21.4. The molecule has 8 heteroatoms. The fourth-order valence-electron chi connectivity index (χ4n) is 4.69. The van der Waals surface area contributed by atoms with Gasteiger partial charge in [0.25, 0.3) is 0 Å². The summed E-state index contributed by atoms with van der Waals surface area (Å²) in [5, 5.41) is 11.5. The van der Waals surface area contributed by atoms with Crippen molar-refractivity contribution in [3.8, 4) is 11.8 Å². The van der Waals surface area contributed by atoms with Gasteiger partial charge in [-0.1, -0.05) is 30.0 Å². The van der Waals surface area contributed by atoms with Crippen LogP contribution < -0.4 is 10.2 Å². The van der Waals surface area contributed by atoms with Gasteiger partial charge in [-0.2, -0.15) is 0 Å². The van der Waals surface area contributed by atoms with Crippen molar-refractivity contribution < 1.29 is 18.4 Å². The number of carbonyl (C=O) groups is 2. The van der Waals surface area contributed by atoms with Crippen molar-refractivity contribution in [2.24, 2.45) is 0 Å². The van der Waals surface area contributed by atoms with Crippen LogP contribution in [0.2, 0.25) is 0 Å². The van der Waals surface area contributed by atoms with Gasteiger partial charge in [-0.25, -0.2) is 18.5 Å². The monoisotopic (exact) mass is 476 g/mol. The lowest BCUT2D eigenvalue weighted by Gasteiger charge is -2.50. The first-order chi connectivity index (χ1) is 16.8. The summed E-state index contributed by atoms with van der Waals surface area (Å²) in [6.07, 6.45) is 3.14. The summed E-state index contributed by atoms with van der Waals surface area (Å²) in [7, 11) is 1.51. The third-order valence-corrected chi connectivity index (χ3v) is 6.47. The Bertz CT molecular complexity index is 1260. The molecule has 0 aromatic heterocycles. The largest absolute Gasteiger partial charge is 0.391 e.